The Balaban J connectivity index is 1.94. The van der Waals surface area contributed by atoms with Crippen molar-refractivity contribution in [3.05, 3.63) is 40.2 Å². The van der Waals surface area contributed by atoms with Crippen LogP contribution < -0.4 is 10.4 Å². The molecular formula is C22H30O5. The van der Waals surface area contributed by atoms with Crippen LogP contribution in [0.1, 0.15) is 64.4 Å². The van der Waals surface area contributed by atoms with Crippen LogP contribution in [-0.4, -0.2) is 17.7 Å². The van der Waals surface area contributed by atoms with Crippen molar-refractivity contribution in [2.75, 3.05) is 6.61 Å². The monoisotopic (exact) mass is 374 g/mol. The summed E-state index contributed by atoms with van der Waals surface area (Å²) in [5.74, 6) is 0.618. The third-order valence-corrected chi connectivity index (χ3v) is 4.61. The molecule has 0 saturated heterocycles. The van der Waals surface area contributed by atoms with Gasteiger partial charge in [-0.25, -0.2) is 4.79 Å². The molecule has 27 heavy (non-hydrogen) atoms. The number of carbonyl (C=O) groups is 1. The van der Waals surface area contributed by atoms with Crippen LogP contribution in [0.4, 0.5) is 0 Å². The summed E-state index contributed by atoms with van der Waals surface area (Å²) in [6, 6.07) is 7.13. The van der Waals surface area contributed by atoms with Crippen molar-refractivity contribution in [1.29, 1.82) is 0 Å². The van der Waals surface area contributed by atoms with E-state index in [0.717, 1.165) is 61.6 Å². The Morgan fingerprint density at radius 2 is 1.78 bits per heavy atom. The number of hydrogen-bond acceptors (Lipinski definition) is 4. The van der Waals surface area contributed by atoms with E-state index in [1.807, 2.05) is 12.1 Å². The molecule has 148 valence electrons. The number of fused-ring (bicyclic) bond motifs is 1. The van der Waals surface area contributed by atoms with E-state index in [2.05, 4.69) is 13.8 Å². The van der Waals surface area contributed by atoms with Gasteiger partial charge in [0, 0.05) is 23.4 Å². The summed E-state index contributed by atoms with van der Waals surface area (Å²) in [5, 5.41) is 9.55. The van der Waals surface area contributed by atoms with Crippen LogP contribution in [0.3, 0.4) is 0 Å². The minimum absolute atomic E-state index is 0.248. The first kappa shape index (κ1) is 21.0. The highest BCUT2D eigenvalue weighted by Gasteiger charge is 2.12. The maximum atomic E-state index is 11.7. The fraction of sp³-hybridized carbons (Fsp3) is 0.545. The molecule has 0 saturated carbocycles. The van der Waals surface area contributed by atoms with Gasteiger partial charge in [-0.2, -0.15) is 0 Å². The van der Waals surface area contributed by atoms with E-state index in [-0.39, 0.29) is 12.0 Å². The van der Waals surface area contributed by atoms with E-state index in [9.17, 15) is 9.59 Å². The lowest BCUT2D eigenvalue weighted by Gasteiger charge is -2.14. The zero-order chi connectivity index (χ0) is 19.6. The summed E-state index contributed by atoms with van der Waals surface area (Å²) < 4.78 is 11.5. The van der Waals surface area contributed by atoms with Gasteiger partial charge in [-0.05, 0) is 49.8 Å². The molecule has 0 aliphatic heterocycles. The topological polar surface area (TPSA) is 76.7 Å². The van der Waals surface area contributed by atoms with Crippen LogP contribution in [0.25, 0.3) is 11.0 Å². The number of unbranched alkanes of at least 4 members (excludes halogenated alkanes) is 4. The number of benzene rings is 1. The van der Waals surface area contributed by atoms with Gasteiger partial charge in [0.1, 0.15) is 11.3 Å². The Labute approximate surface area is 160 Å². The SMILES string of the molecule is CC(C)CCc1c(OCCCCCCCC(=O)O)ccc2ccc(=O)oc12. The maximum absolute atomic E-state index is 11.7. The average molecular weight is 374 g/mol. The number of carboxylic acid groups (broad SMARTS) is 1. The number of aryl methyl sites for hydroxylation is 1. The minimum Gasteiger partial charge on any atom is -0.493 e. The van der Waals surface area contributed by atoms with E-state index >= 15 is 0 Å². The second-order valence-corrected chi connectivity index (χ2v) is 7.41. The molecule has 0 aliphatic carbocycles. The largest absolute Gasteiger partial charge is 0.493 e. The Morgan fingerprint density at radius 3 is 2.52 bits per heavy atom. The molecule has 0 bridgehead atoms. The molecule has 0 aliphatic rings. The van der Waals surface area contributed by atoms with Gasteiger partial charge < -0.3 is 14.3 Å². The van der Waals surface area contributed by atoms with Gasteiger partial charge in [0.25, 0.3) is 0 Å². The summed E-state index contributed by atoms with van der Waals surface area (Å²) in [6.45, 7) is 4.95. The maximum Gasteiger partial charge on any atom is 0.336 e. The average Bonchev–Trinajstić information content (AvgIpc) is 2.62. The first-order valence-corrected chi connectivity index (χ1v) is 9.87. The Kier molecular flexibility index (Phi) is 8.37. The first-order chi connectivity index (χ1) is 13.0. The fourth-order valence-electron chi connectivity index (χ4n) is 3.07. The van der Waals surface area contributed by atoms with E-state index in [0.29, 0.717) is 18.1 Å². The minimum atomic E-state index is -0.727. The normalized spacial score (nSPS) is 11.2. The van der Waals surface area contributed by atoms with Crippen molar-refractivity contribution in [1.82, 2.24) is 0 Å². The molecule has 0 atom stereocenters. The van der Waals surface area contributed by atoms with Crippen LogP contribution in [0.2, 0.25) is 0 Å². The number of aliphatic carboxylic acids is 1. The molecule has 1 aromatic heterocycles. The predicted molar refractivity (Wildman–Crippen MR) is 106 cm³/mol. The van der Waals surface area contributed by atoms with Gasteiger partial charge in [-0.15, -0.1) is 0 Å². The van der Waals surface area contributed by atoms with Crippen LogP contribution in [-0.2, 0) is 11.2 Å². The van der Waals surface area contributed by atoms with Crippen molar-refractivity contribution in [2.45, 2.75) is 65.2 Å². The smallest absolute Gasteiger partial charge is 0.336 e. The van der Waals surface area contributed by atoms with E-state index in [1.54, 1.807) is 6.07 Å². The van der Waals surface area contributed by atoms with Gasteiger partial charge in [-0.3, -0.25) is 4.79 Å². The summed E-state index contributed by atoms with van der Waals surface area (Å²) in [7, 11) is 0. The van der Waals surface area contributed by atoms with Crippen molar-refractivity contribution in [3.8, 4) is 5.75 Å². The highest BCUT2D eigenvalue weighted by Crippen LogP contribution is 2.29. The lowest BCUT2D eigenvalue weighted by atomic mass is 10.00. The van der Waals surface area contributed by atoms with Crippen LogP contribution >= 0.6 is 0 Å². The van der Waals surface area contributed by atoms with E-state index in [1.165, 1.54) is 6.07 Å². The van der Waals surface area contributed by atoms with Crippen molar-refractivity contribution in [3.63, 3.8) is 0 Å². The van der Waals surface area contributed by atoms with Crippen LogP contribution in [0, 0.1) is 5.92 Å². The standard InChI is InChI=1S/C22H30O5/c1-16(2)9-12-18-19(13-10-17-11-14-21(25)27-22(17)18)26-15-7-5-3-4-6-8-20(23)24/h10-11,13-14,16H,3-9,12,15H2,1-2H3,(H,23,24). The zero-order valence-electron chi connectivity index (χ0n) is 16.3. The zero-order valence-corrected chi connectivity index (χ0v) is 16.3. The van der Waals surface area contributed by atoms with Crippen molar-refractivity contribution < 1.29 is 19.1 Å². The number of hydrogen-bond donors (Lipinski definition) is 1. The van der Waals surface area contributed by atoms with Crippen molar-refractivity contribution >= 4 is 16.9 Å². The van der Waals surface area contributed by atoms with Crippen molar-refractivity contribution in [2.24, 2.45) is 5.92 Å². The van der Waals surface area contributed by atoms with Gasteiger partial charge in [-0.1, -0.05) is 33.1 Å². The second-order valence-electron chi connectivity index (χ2n) is 7.41. The molecule has 5 nitrogen and oxygen atoms in total. The molecular weight excluding hydrogens is 344 g/mol. The lowest BCUT2D eigenvalue weighted by Crippen LogP contribution is -2.04. The van der Waals surface area contributed by atoms with Gasteiger partial charge in [0.15, 0.2) is 0 Å². The van der Waals surface area contributed by atoms with Gasteiger partial charge in [0.2, 0.25) is 0 Å². The molecule has 2 rings (SSSR count). The van der Waals surface area contributed by atoms with E-state index in [4.69, 9.17) is 14.3 Å². The molecule has 1 N–H and O–H groups in total. The Bertz CT molecular complexity index is 791. The third-order valence-electron chi connectivity index (χ3n) is 4.61. The predicted octanol–water partition coefficient (Wildman–Crippen LogP) is 5.19. The molecule has 0 fully saturated rings. The Morgan fingerprint density at radius 1 is 1.07 bits per heavy atom. The summed E-state index contributed by atoms with van der Waals surface area (Å²) >= 11 is 0. The lowest BCUT2D eigenvalue weighted by molar-refractivity contribution is -0.137. The van der Waals surface area contributed by atoms with Crippen LogP contribution in [0.5, 0.6) is 5.75 Å². The third kappa shape index (κ3) is 7.08. The molecule has 0 spiro atoms. The molecule has 1 aromatic carbocycles. The highest BCUT2D eigenvalue weighted by atomic mass is 16.5. The molecule has 2 aromatic rings. The molecule has 1 heterocycles. The highest BCUT2D eigenvalue weighted by molar-refractivity contribution is 5.82. The summed E-state index contributed by atoms with van der Waals surface area (Å²) in [5.41, 5.74) is 1.27. The fourth-order valence-corrected chi connectivity index (χ4v) is 3.07. The first-order valence-electron chi connectivity index (χ1n) is 9.87. The van der Waals surface area contributed by atoms with Crippen LogP contribution in [0.15, 0.2) is 33.5 Å². The molecule has 0 unspecified atom stereocenters. The molecule has 0 amide bonds. The Hall–Kier alpha value is -2.30. The second kappa shape index (κ2) is 10.8. The van der Waals surface area contributed by atoms with Gasteiger partial charge >= 0.3 is 11.6 Å². The quantitative estimate of drug-likeness (QED) is 0.409. The molecule has 0 radical (unpaired) electrons. The number of rotatable bonds is 12. The molecule has 5 heteroatoms. The summed E-state index contributed by atoms with van der Waals surface area (Å²) in [4.78, 5) is 22.2. The number of ether oxygens (including phenoxy) is 1. The summed E-state index contributed by atoms with van der Waals surface area (Å²) in [6.07, 6.45) is 6.69. The van der Waals surface area contributed by atoms with Gasteiger partial charge in [0.05, 0.1) is 6.61 Å². The number of carboxylic acids is 1. The van der Waals surface area contributed by atoms with E-state index < -0.39 is 5.97 Å².